The van der Waals surface area contributed by atoms with E-state index in [4.69, 9.17) is 17.2 Å². The summed E-state index contributed by atoms with van der Waals surface area (Å²) in [5.41, 5.74) is 17.1. The Hall–Kier alpha value is -0.440. The van der Waals surface area contributed by atoms with Crippen LogP contribution in [-0.4, -0.2) is 160 Å². The first-order valence-electron chi connectivity index (χ1n) is 12.9. The van der Waals surface area contributed by atoms with Crippen molar-refractivity contribution >= 4 is 0 Å². The number of nitrogens with two attached hydrogens (primary N) is 3. The summed E-state index contributed by atoms with van der Waals surface area (Å²) in [6.45, 7) is 19.0. The van der Waals surface area contributed by atoms with Gasteiger partial charge in [-0.1, -0.05) is 0 Å². The third kappa shape index (κ3) is 21.8. The highest BCUT2D eigenvalue weighted by Gasteiger charge is 2.07. The van der Waals surface area contributed by atoms with Crippen LogP contribution in [0, 0.1) is 0 Å². The predicted molar refractivity (Wildman–Crippen MR) is 143 cm³/mol. The second-order valence-corrected chi connectivity index (χ2v) is 8.35. The maximum absolute atomic E-state index is 5.74. The summed E-state index contributed by atoms with van der Waals surface area (Å²) in [6.07, 6.45) is 0. The summed E-state index contributed by atoms with van der Waals surface area (Å²) >= 11 is 0. The minimum Gasteiger partial charge on any atom is -0.329 e. The van der Waals surface area contributed by atoms with Crippen molar-refractivity contribution in [1.82, 2.24) is 41.3 Å². The molecule has 11 nitrogen and oxygen atoms in total. The van der Waals surface area contributed by atoms with Crippen molar-refractivity contribution in [2.24, 2.45) is 17.2 Å². The fraction of sp³-hybridized carbons (Fsp3) is 1.00. The van der Waals surface area contributed by atoms with Gasteiger partial charge in [-0.25, -0.2) is 0 Å². The van der Waals surface area contributed by atoms with Crippen LogP contribution in [0.15, 0.2) is 0 Å². The molecule has 11 N–H and O–H groups in total. The van der Waals surface area contributed by atoms with E-state index in [-0.39, 0.29) is 0 Å². The molecule has 0 spiro atoms. The molecule has 0 saturated heterocycles. The second kappa shape index (κ2) is 26.2. The Morgan fingerprint density at radius 1 is 0.394 bits per heavy atom. The molecule has 200 valence electrons. The number of rotatable bonds is 27. The quantitative estimate of drug-likeness (QED) is 0.0549. The van der Waals surface area contributed by atoms with E-state index in [1.54, 1.807) is 0 Å². The van der Waals surface area contributed by atoms with Gasteiger partial charge in [-0.2, -0.15) is 0 Å². The van der Waals surface area contributed by atoms with Crippen molar-refractivity contribution in [3.63, 3.8) is 0 Å². The van der Waals surface area contributed by atoms with Gasteiger partial charge < -0.3 is 43.8 Å². The molecule has 0 aromatic rings. The standard InChI is InChI=1S/C22H57N11/c1-26-6-7-28-9-20-33(21-12-29-10-18-31(14-3-23)15-4-24)22-13-30-11-19-32(16-5-25)17-8-27-2/h26-30H,3-25H2,1-2H3. The van der Waals surface area contributed by atoms with Crippen LogP contribution < -0.4 is 43.8 Å². The zero-order valence-electron chi connectivity index (χ0n) is 21.7. The highest BCUT2D eigenvalue weighted by molar-refractivity contribution is 4.67. The lowest BCUT2D eigenvalue weighted by molar-refractivity contribution is 0.254. The largest absolute Gasteiger partial charge is 0.329 e. The van der Waals surface area contributed by atoms with Crippen molar-refractivity contribution in [2.75, 3.05) is 145 Å². The number of nitrogens with one attached hydrogen (secondary N) is 5. The molecule has 0 aromatic heterocycles. The van der Waals surface area contributed by atoms with E-state index in [2.05, 4.69) is 41.3 Å². The van der Waals surface area contributed by atoms with Gasteiger partial charge in [0.1, 0.15) is 0 Å². The average Bonchev–Trinajstić information content (AvgIpc) is 2.81. The van der Waals surface area contributed by atoms with Crippen LogP contribution in [0.2, 0.25) is 0 Å². The van der Waals surface area contributed by atoms with Crippen molar-refractivity contribution in [1.29, 1.82) is 0 Å². The van der Waals surface area contributed by atoms with Gasteiger partial charge in [-0.3, -0.25) is 14.7 Å². The molecule has 0 radical (unpaired) electrons. The Morgan fingerprint density at radius 3 is 1.06 bits per heavy atom. The maximum Gasteiger partial charge on any atom is 0.0108 e. The van der Waals surface area contributed by atoms with Gasteiger partial charge in [0.25, 0.3) is 0 Å². The third-order valence-corrected chi connectivity index (χ3v) is 5.59. The first-order valence-corrected chi connectivity index (χ1v) is 12.9. The lowest BCUT2D eigenvalue weighted by Crippen LogP contribution is -2.44. The van der Waals surface area contributed by atoms with Crippen LogP contribution in [0.5, 0.6) is 0 Å². The number of nitrogens with zero attached hydrogens (tertiary/aromatic N) is 3. The Kier molecular flexibility index (Phi) is 25.8. The monoisotopic (exact) mass is 475 g/mol. The summed E-state index contributed by atoms with van der Waals surface area (Å²) < 4.78 is 0. The number of hydrogen-bond acceptors (Lipinski definition) is 11. The summed E-state index contributed by atoms with van der Waals surface area (Å²) in [6, 6.07) is 0. The zero-order chi connectivity index (χ0) is 24.4. The molecule has 0 amide bonds. The van der Waals surface area contributed by atoms with E-state index in [9.17, 15) is 0 Å². The lowest BCUT2D eigenvalue weighted by Gasteiger charge is -2.25. The fourth-order valence-electron chi connectivity index (χ4n) is 3.60. The molecule has 0 bridgehead atoms. The summed E-state index contributed by atoms with van der Waals surface area (Å²) in [5.74, 6) is 0. The average molecular weight is 476 g/mol. The topological polar surface area (TPSA) is 148 Å². The smallest absolute Gasteiger partial charge is 0.0108 e. The van der Waals surface area contributed by atoms with Gasteiger partial charge in [0.05, 0.1) is 0 Å². The molecule has 33 heavy (non-hydrogen) atoms. The lowest BCUT2D eigenvalue weighted by atomic mass is 10.4. The van der Waals surface area contributed by atoms with Crippen LogP contribution >= 0.6 is 0 Å². The maximum atomic E-state index is 5.74. The first kappa shape index (κ1) is 32.6. The minimum absolute atomic E-state index is 0.681. The molecule has 0 aliphatic rings. The highest BCUT2D eigenvalue weighted by Crippen LogP contribution is 1.89. The Morgan fingerprint density at radius 2 is 0.697 bits per heavy atom. The Bertz CT molecular complexity index is 370. The fourth-order valence-corrected chi connectivity index (χ4v) is 3.60. The van der Waals surface area contributed by atoms with E-state index in [0.29, 0.717) is 19.6 Å². The van der Waals surface area contributed by atoms with Gasteiger partial charge in [0.15, 0.2) is 0 Å². The van der Waals surface area contributed by atoms with Gasteiger partial charge in [-0.05, 0) is 14.1 Å². The summed E-state index contributed by atoms with van der Waals surface area (Å²) in [4.78, 5) is 7.27. The van der Waals surface area contributed by atoms with Crippen molar-refractivity contribution in [3.8, 4) is 0 Å². The normalized spacial score (nSPS) is 12.0. The molecule has 0 heterocycles. The zero-order valence-corrected chi connectivity index (χ0v) is 21.7. The molecule has 0 fully saturated rings. The third-order valence-electron chi connectivity index (χ3n) is 5.59. The predicted octanol–water partition coefficient (Wildman–Crippen LogP) is -4.02. The molecule has 11 heteroatoms. The SMILES string of the molecule is CNCCNCCN(CCNCCN(CCN)CCN)CCNCCN(CCN)CCNC. The molecule has 0 aliphatic heterocycles. The summed E-state index contributed by atoms with van der Waals surface area (Å²) in [5, 5.41) is 17.1. The van der Waals surface area contributed by atoms with Crippen molar-refractivity contribution < 1.29 is 0 Å². The van der Waals surface area contributed by atoms with Crippen molar-refractivity contribution in [3.05, 3.63) is 0 Å². The van der Waals surface area contributed by atoms with E-state index in [1.165, 1.54) is 0 Å². The van der Waals surface area contributed by atoms with E-state index in [1.807, 2.05) is 14.1 Å². The van der Waals surface area contributed by atoms with Gasteiger partial charge in [0, 0.05) is 131 Å². The number of likely N-dealkylation sites (N-methyl/N-ethyl adjacent to an activating group) is 2. The van der Waals surface area contributed by atoms with Gasteiger partial charge in [-0.15, -0.1) is 0 Å². The molecule has 0 atom stereocenters. The Labute approximate surface area is 203 Å². The van der Waals surface area contributed by atoms with E-state index in [0.717, 1.165) is 111 Å². The van der Waals surface area contributed by atoms with Crippen LogP contribution in [0.25, 0.3) is 0 Å². The van der Waals surface area contributed by atoms with E-state index < -0.39 is 0 Å². The van der Waals surface area contributed by atoms with Crippen LogP contribution in [0.4, 0.5) is 0 Å². The Balaban J connectivity index is 4.17. The molecule has 0 rings (SSSR count). The molecular formula is C22H57N11. The first-order chi connectivity index (χ1) is 16.2. The molecule has 0 saturated carbocycles. The second-order valence-electron chi connectivity index (χ2n) is 8.35. The van der Waals surface area contributed by atoms with Crippen LogP contribution in [-0.2, 0) is 0 Å². The minimum atomic E-state index is 0.681. The molecule has 0 aromatic carbocycles. The van der Waals surface area contributed by atoms with E-state index >= 15 is 0 Å². The van der Waals surface area contributed by atoms with Gasteiger partial charge >= 0.3 is 0 Å². The van der Waals surface area contributed by atoms with Crippen molar-refractivity contribution in [2.45, 2.75) is 0 Å². The molecular weight excluding hydrogens is 418 g/mol. The highest BCUT2D eigenvalue weighted by atomic mass is 15.2. The number of hydrogen-bond donors (Lipinski definition) is 8. The van der Waals surface area contributed by atoms with Crippen LogP contribution in [0.3, 0.4) is 0 Å². The van der Waals surface area contributed by atoms with Crippen LogP contribution in [0.1, 0.15) is 0 Å². The summed E-state index contributed by atoms with van der Waals surface area (Å²) in [7, 11) is 3.98. The van der Waals surface area contributed by atoms with Gasteiger partial charge in [0.2, 0.25) is 0 Å². The molecule has 0 unspecified atom stereocenters. The molecule has 0 aliphatic carbocycles.